The largest absolute Gasteiger partial charge is 0.477 e. The number of benzene rings is 1. The van der Waals surface area contributed by atoms with Crippen LogP contribution in [0.4, 0.5) is 5.69 Å². The topological polar surface area (TPSA) is 49.7 Å². The molecule has 0 saturated heterocycles. The second-order valence-electron chi connectivity index (χ2n) is 2.38. The van der Waals surface area contributed by atoms with Gasteiger partial charge in [-0.3, -0.25) is 0 Å². The van der Waals surface area contributed by atoms with Crippen LogP contribution >= 0.6 is 0 Å². The molecular weight excluding hydrogens is 154 g/mol. The van der Waals surface area contributed by atoms with E-state index < -0.39 is 5.97 Å². The van der Waals surface area contributed by atoms with Gasteiger partial charge in [-0.05, 0) is 18.6 Å². The van der Waals surface area contributed by atoms with Gasteiger partial charge in [-0.15, -0.1) is 0 Å². The quantitative estimate of drug-likeness (QED) is 0.675. The van der Waals surface area contributed by atoms with Gasteiger partial charge in [0, 0.05) is 0 Å². The summed E-state index contributed by atoms with van der Waals surface area (Å²) in [6.45, 7) is 1.88. The van der Waals surface area contributed by atoms with Gasteiger partial charge in [-0.1, -0.05) is 18.2 Å². The summed E-state index contributed by atoms with van der Waals surface area (Å²) >= 11 is 0. The molecule has 0 aliphatic heterocycles. The van der Waals surface area contributed by atoms with E-state index in [1.54, 1.807) is 6.07 Å². The summed E-state index contributed by atoms with van der Waals surface area (Å²) < 4.78 is 0. The number of aryl methyl sites for hydroxylation is 1. The molecule has 62 valence electrons. The maximum absolute atomic E-state index is 10.1. The zero-order chi connectivity index (χ0) is 8.97. The Morgan fingerprint density at radius 3 is 2.75 bits per heavy atom. The summed E-state index contributed by atoms with van der Waals surface area (Å²) in [5.74, 6) is -1.03. The molecule has 0 unspecified atom stereocenters. The number of para-hydroxylation sites is 1. The molecule has 0 fully saturated rings. The smallest absolute Gasteiger partial charge is 0.346 e. The number of aliphatic carboxylic acids is 1. The van der Waals surface area contributed by atoms with Gasteiger partial charge in [0.15, 0.2) is 0 Å². The number of aliphatic imine (C=N–C) groups is 1. The van der Waals surface area contributed by atoms with E-state index in [1.807, 2.05) is 25.1 Å². The Morgan fingerprint density at radius 2 is 2.17 bits per heavy atom. The van der Waals surface area contributed by atoms with Crippen molar-refractivity contribution < 1.29 is 9.90 Å². The highest BCUT2D eigenvalue weighted by Gasteiger charge is 1.93. The van der Waals surface area contributed by atoms with E-state index in [0.29, 0.717) is 5.69 Å². The number of carboxylic acids is 1. The maximum atomic E-state index is 10.1. The van der Waals surface area contributed by atoms with E-state index in [1.165, 1.54) is 0 Å². The fraction of sp³-hybridized carbons (Fsp3) is 0.111. The maximum Gasteiger partial charge on any atom is 0.346 e. The molecule has 3 heteroatoms. The molecule has 0 saturated carbocycles. The zero-order valence-corrected chi connectivity index (χ0v) is 6.69. The number of carbonyl (C=O) groups is 1. The van der Waals surface area contributed by atoms with Crippen LogP contribution in [-0.4, -0.2) is 17.3 Å². The summed E-state index contributed by atoms with van der Waals surface area (Å²) in [7, 11) is 0. The Hall–Kier alpha value is -1.64. The average molecular weight is 163 g/mol. The van der Waals surface area contributed by atoms with Crippen molar-refractivity contribution in [1.29, 1.82) is 0 Å². The second-order valence-corrected chi connectivity index (χ2v) is 2.38. The Bertz CT molecular complexity index is 318. The van der Waals surface area contributed by atoms with Gasteiger partial charge >= 0.3 is 5.97 Å². The molecule has 0 heterocycles. The molecular formula is C9H9NO2. The summed E-state index contributed by atoms with van der Waals surface area (Å²) in [6.07, 6.45) is 0.891. The van der Waals surface area contributed by atoms with E-state index in [2.05, 4.69) is 4.99 Å². The summed E-state index contributed by atoms with van der Waals surface area (Å²) in [4.78, 5) is 13.9. The number of hydrogen-bond donors (Lipinski definition) is 1. The van der Waals surface area contributed by atoms with Gasteiger partial charge in [0.05, 0.1) is 5.69 Å². The summed E-state index contributed by atoms with van der Waals surface area (Å²) in [5, 5.41) is 8.32. The minimum atomic E-state index is -1.03. The van der Waals surface area contributed by atoms with Crippen molar-refractivity contribution in [1.82, 2.24) is 0 Å². The van der Waals surface area contributed by atoms with Crippen molar-refractivity contribution in [3.8, 4) is 0 Å². The molecule has 12 heavy (non-hydrogen) atoms. The Morgan fingerprint density at radius 1 is 1.50 bits per heavy atom. The molecule has 0 radical (unpaired) electrons. The number of carboxylic acid groups (broad SMARTS) is 1. The Balaban J connectivity index is 2.89. The lowest BCUT2D eigenvalue weighted by Gasteiger charge is -1.95. The van der Waals surface area contributed by atoms with E-state index in [4.69, 9.17) is 5.11 Å². The molecule has 0 spiro atoms. The summed E-state index contributed by atoms with van der Waals surface area (Å²) in [5.41, 5.74) is 1.66. The Kier molecular flexibility index (Phi) is 2.58. The molecule has 1 aromatic carbocycles. The molecule has 0 aliphatic rings. The molecule has 0 amide bonds. The molecule has 0 aromatic heterocycles. The normalized spacial score (nSPS) is 10.4. The first kappa shape index (κ1) is 8.46. The first-order chi connectivity index (χ1) is 5.70. The van der Waals surface area contributed by atoms with Crippen molar-refractivity contribution in [3.05, 3.63) is 29.8 Å². The molecule has 0 bridgehead atoms. The number of nitrogens with zero attached hydrogens (tertiary/aromatic N) is 1. The third-order valence-electron chi connectivity index (χ3n) is 1.43. The van der Waals surface area contributed by atoms with Crippen molar-refractivity contribution >= 4 is 17.9 Å². The fourth-order valence-corrected chi connectivity index (χ4v) is 0.833. The highest BCUT2D eigenvalue weighted by atomic mass is 16.4. The first-order valence-electron chi connectivity index (χ1n) is 3.53. The van der Waals surface area contributed by atoms with Gasteiger partial charge in [-0.25, -0.2) is 9.79 Å². The van der Waals surface area contributed by atoms with Crippen LogP contribution in [0.2, 0.25) is 0 Å². The summed E-state index contributed by atoms with van der Waals surface area (Å²) in [6, 6.07) is 7.36. The van der Waals surface area contributed by atoms with Crippen molar-refractivity contribution in [2.45, 2.75) is 6.92 Å². The lowest BCUT2D eigenvalue weighted by molar-refractivity contribution is -0.128. The van der Waals surface area contributed by atoms with Crippen LogP contribution < -0.4 is 0 Å². The monoisotopic (exact) mass is 163 g/mol. The molecule has 1 rings (SSSR count). The molecule has 1 aromatic rings. The minimum absolute atomic E-state index is 0.694. The standard InChI is InChI=1S/C9H9NO2/c1-7-4-2-3-5-8(7)10-6-9(11)12/h2-6H,1H3,(H,11,12). The highest BCUT2D eigenvalue weighted by molar-refractivity contribution is 6.22. The molecule has 1 N–H and O–H groups in total. The van der Waals surface area contributed by atoms with Crippen LogP contribution in [0.5, 0.6) is 0 Å². The lowest BCUT2D eigenvalue weighted by Crippen LogP contribution is -1.93. The fourth-order valence-electron chi connectivity index (χ4n) is 0.833. The predicted octanol–water partition coefficient (Wildman–Crippen LogP) is 1.78. The van der Waals surface area contributed by atoms with Crippen LogP contribution in [0.15, 0.2) is 29.3 Å². The van der Waals surface area contributed by atoms with Crippen LogP contribution in [0.3, 0.4) is 0 Å². The molecule has 0 atom stereocenters. The lowest BCUT2D eigenvalue weighted by atomic mass is 10.2. The number of rotatable bonds is 2. The van der Waals surface area contributed by atoms with Gasteiger partial charge < -0.3 is 5.11 Å². The van der Waals surface area contributed by atoms with Crippen LogP contribution in [0.25, 0.3) is 0 Å². The number of hydrogen-bond acceptors (Lipinski definition) is 2. The molecule has 0 aliphatic carbocycles. The van der Waals surface area contributed by atoms with Gasteiger partial charge in [0.25, 0.3) is 0 Å². The molecule has 3 nitrogen and oxygen atoms in total. The minimum Gasteiger partial charge on any atom is -0.477 e. The van der Waals surface area contributed by atoms with Gasteiger partial charge in [0.1, 0.15) is 6.21 Å². The van der Waals surface area contributed by atoms with Gasteiger partial charge in [0.2, 0.25) is 0 Å². The first-order valence-corrected chi connectivity index (χ1v) is 3.53. The second kappa shape index (κ2) is 3.67. The van der Waals surface area contributed by atoms with Crippen LogP contribution in [0.1, 0.15) is 5.56 Å². The third kappa shape index (κ3) is 2.20. The third-order valence-corrected chi connectivity index (χ3v) is 1.43. The van der Waals surface area contributed by atoms with E-state index in [9.17, 15) is 4.79 Å². The highest BCUT2D eigenvalue weighted by Crippen LogP contribution is 2.15. The van der Waals surface area contributed by atoms with E-state index >= 15 is 0 Å². The van der Waals surface area contributed by atoms with E-state index in [-0.39, 0.29) is 0 Å². The van der Waals surface area contributed by atoms with Crippen molar-refractivity contribution in [2.24, 2.45) is 4.99 Å². The predicted molar refractivity (Wildman–Crippen MR) is 47.0 cm³/mol. The van der Waals surface area contributed by atoms with E-state index in [0.717, 1.165) is 11.8 Å². The van der Waals surface area contributed by atoms with Crippen molar-refractivity contribution in [3.63, 3.8) is 0 Å². The van der Waals surface area contributed by atoms with Crippen LogP contribution in [0, 0.1) is 6.92 Å². The van der Waals surface area contributed by atoms with Gasteiger partial charge in [-0.2, -0.15) is 0 Å². The Labute approximate surface area is 70.4 Å². The SMILES string of the molecule is Cc1ccccc1N=CC(=O)O. The zero-order valence-electron chi connectivity index (χ0n) is 6.69. The van der Waals surface area contributed by atoms with Crippen LogP contribution in [-0.2, 0) is 4.79 Å². The van der Waals surface area contributed by atoms with Crippen molar-refractivity contribution in [2.75, 3.05) is 0 Å². The average Bonchev–Trinajstić information content (AvgIpc) is 2.03.